The van der Waals surface area contributed by atoms with Crippen LogP contribution >= 0.6 is 0 Å². The number of hydrogen-bond donors (Lipinski definition) is 1. The standard InChI is InChI=1S/C16H23N3/c1-11(2)19-14(5)16(13(4)18-19)17-12(3)15-9-7-6-8-10-15/h6-12,17H,1-5H3. The first-order valence-electron chi connectivity index (χ1n) is 6.88. The third-order valence-corrected chi connectivity index (χ3v) is 3.47. The quantitative estimate of drug-likeness (QED) is 0.887. The molecular formula is C16H23N3. The summed E-state index contributed by atoms with van der Waals surface area (Å²) in [5, 5.41) is 8.20. The van der Waals surface area contributed by atoms with Gasteiger partial charge in [-0.15, -0.1) is 0 Å². The second-order valence-corrected chi connectivity index (χ2v) is 5.36. The summed E-state index contributed by atoms with van der Waals surface area (Å²) in [7, 11) is 0. The van der Waals surface area contributed by atoms with E-state index in [9.17, 15) is 0 Å². The molecule has 1 aromatic heterocycles. The molecule has 2 rings (SSSR count). The first-order chi connectivity index (χ1) is 9.00. The average molecular weight is 257 g/mol. The molecule has 0 radical (unpaired) electrons. The van der Waals surface area contributed by atoms with Crippen molar-refractivity contribution < 1.29 is 0 Å². The molecule has 2 aromatic rings. The van der Waals surface area contributed by atoms with E-state index in [0.29, 0.717) is 6.04 Å². The molecule has 0 bridgehead atoms. The first kappa shape index (κ1) is 13.7. The van der Waals surface area contributed by atoms with Crippen molar-refractivity contribution in [3.8, 4) is 0 Å². The summed E-state index contributed by atoms with van der Waals surface area (Å²) in [6, 6.07) is 11.2. The van der Waals surface area contributed by atoms with Crippen molar-refractivity contribution in [2.24, 2.45) is 0 Å². The highest BCUT2D eigenvalue weighted by Gasteiger charge is 2.15. The highest BCUT2D eigenvalue weighted by molar-refractivity contribution is 5.53. The molecule has 0 saturated carbocycles. The van der Waals surface area contributed by atoms with E-state index < -0.39 is 0 Å². The van der Waals surface area contributed by atoms with Gasteiger partial charge in [-0.2, -0.15) is 5.10 Å². The minimum absolute atomic E-state index is 0.281. The van der Waals surface area contributed by atoms with E-state index in [0.717, 1.165) is 11.4 Å². The van der Waals surface area contributed by atoms with Crippen molar-refractivity contribution in [2.45, 2.75) is 46.7 Å². The van der Waals surface area contributed by atoms with Crippen molar-refractivity contribution in [1.82, 2.24) is 9.78 Å². The number of aromatic nitrogens is 2. The highest BCUT2D eigenvalue weighted by atomic mass is 15.3. The largest absolute Gasteiger partial charge is 0.376 e. The first-order valence-corrected chi connectivity index (χ1v) is 6.88. The zero-order valence-corrected chi connectivity index (χ0v) is 12.4. The third-order valence-electron chi connectivity index (χ3n) is 3.47. The fourth-order valence-electron chi connectivity index (χ4n) is 2.42. The Morgan fingerprint density at radius 1 is 1.05 bits per heavy atom. The summed E-state index contributed by atoms with van der Waals surface area (Å²) >= 11 is 0. The van der Waals surface area contributed by atoms with E-state index >= 15 is 0 Å². The molecule has 1 unspecified atom stereocenters. The number of nitrogens with zero attached hydrogens (tertiary/aromatic N) is 2. The Bertz CT molecular complexity index is 541. The summed E-state index contributed by atoms with van der Waals surface area (Å²) in [5.41, 5.74) is 4.72. The normalized spacial score (nSPS) is 12.7. The second-order valence-electron chi connectivity index (χ2n) is 5.36. The van der Waals surface area contributed by atoms with E-state index in [-0.39, 0.29) is 6.04 Å². The van der Waals surface area contributed by atoms with Crippen LogP contribution in [0.25, 0.3) is 0 Å². The Morgan fingerprint density at radius 2 is 1.68 bits per heavy atom. The van der Waals surface area contributed by atoms with Crippen LogP contribution in [0.1, 0.15) is 49.8 Å². The second kappa shape index (κ2) is 5.47. The Morgan fingerprint density at radius 3 is 2.21 bits per heavy atom. The third kappa shape index (κ3) is 2.80. The molecule has 102 valence electrons. The van der Waals surface area contributed by atoms with E-state index in [1.807, 2.05) is 6.07 Å². The van der Waals surface area contributed by atoms with Gasteiger partial charge in [-0.1, -0.05) is 30.3 Å². The smallest absolute Gasteiger partial charge is 0.0828 e. The lowest BCUT2D eigenvalue weighted by molar-refractivity contribution is 0.516. The molecule has 0 saturated heterocycles. The van der Waals surface area contributed by atoms with Crippen LogP contribution in [0.3, 0.4) is 0 Å². The molecule has 0 fully saturated rings. The van der Waals surface area contributed by atoms with Crippen LogP contribution in [0, 0.1) is 13.8 Å². The van der Waals surface area contributed by atoms with Crippen LogP contribution in [0.15, 0.2) is 30.3 Å². The summed E-state index contributed by atoms with van der Waals surface area (Å²) in [5.74, 6) is 0. The molecule has 1 aromatic carbocycles. The molecule has 1 N–H and O–H groups in total. The maximum Gasteiger partial charge on any atom is 0.0828 e. The monoisotopic (exact) mass is 257 g/mol. The van der Waals surface area contributed by atoms with Crippen LogP contribution < -0.4 is 5.32 Å². The lowest BCUT2D eigenvalue weighted by Crippen LogP contribution is -2.09. The molecule has 0 aliphatic rings. The van der Waals surface area contributed by atoms with Crippen molar-refractivity contribution >= 4 is 5.69 Å². The van der Waals surface area contributed by atoms with E-state index in [4.69, 9.17) is 0 Å². The van der Waals surface area contributed by atoms with Crippen molar-refractivity contribution in [2.75, 3.05) is 5.32 Å². The summed E-state index contributed by atoms with van der Waals surface area (Å²) < 4.78 is 2.08. The molecule has 0 aliphatic heterocycles. The van der Waals surface area contributed by atoms with E-state index in [2.05, 4.69) is 74.0 Å². The molecule has 3 heteroatoms. The maximum absolute atomic E-state index is 4.61. The van der Waals surface area contributed by atoms with Gasteiger partial charge in [0, 0.05) is 12.1 Å². The topological polar surface area (TPSA) is 29.9 Å². The number of nitrogens with one attached hydrogen (secondary N) is 1. The molecule has 19 heavy (non-hydrogen) atoms. The van der Waals surface area contributed by atoms with Crippen molar-refractivity contribution in [3.63, 3.8) is 0 Å². The van der Waals surface area contributed by atoms with Crippen LogP contribution in [0.5, 0.6) is 0 Å². The van der Waals surface area contributed by atoms with Gasteiger partial charge in [-0.05, 0) is 40.2 Å². The molecule has 0 amide bonds. The average Bonchev–Trinajstić information content (AvgIpc) is 2.68. The van der Waals surface area contributed by atoms with Crippen LogP contribution in [-0.4, -0.2) is 9.78 Å². The molecular weight excluding hydrogens is 234 g/mol. The predicted molar refractivity (Wildman–Crippen MR) is 80.6 cm³/mol. The van der Waals surface area contributed by atoms with Crippen LogP contribution in [0.4, 0.5) is 5.69 Å². The lowest BCUT2D eigenvalue weighted by atomic mass is 10.1. The molecule has 0 aliphatic carbocycles. The van der Waals surface area contributed by atoms with Crippen molar-refractivity contribution in [3.05, 3.63) is 47.3 Å². The van der Waals surface area contributed by atoms with Crippen LogP contribution in [0.2, 0.25) is 0 Å². The number of anilines is 1. The van der Waals surface area contributed by atoms with Gasteiger partial charge in [0.2, 0.25) is 0 Å². The SMILES string of the molecule is Cc1nn(C(C)C)c(C)c1NC(C)c1ccccc1. The molecule has 1 heterocycles. The van der Waals surface area contributed by atoms with Gasteiger partial charge in [0.05, 0.1) is 17.1 Å². The van der Waals surface area contributed by atoms with Gasteiger partial charge in [-0.3, -0.25) is 4.68 Å². The van der Waals surface area contributed by atoms with Gasteiger partial charge < -0.3 is 5.32 Å². The Hall–Kier alpha value is -1.77. The van der Waals surface area contributed by atoms with E-state index in [1.165, 1.54) is 11.3 Å². The minimum atomic E-state index is 0.281. The van der Waals surface area contributed by atoms with Gasteiger partial charge in [0.1, 0.15) is 0 Å². The zero-order chi connectivity index (χ0) is 14.0. The predicted octanol–water partition coefficient (Wildman–Crippen LogP) is 4.25. The zero-order valence-electron chi connectivity index (χ0n) is 12.4. The maximum atomic E-state index is 4.61. The fourth-order valence-corrected chi connectivity index (χ4v) is 2.42. The van der Waals surface area contributed by atoms with Gasteiger partial charge in [0.25, 0.3) is 0 Å². The Labute approximate surface area is 115 Å². The summed E-state index contributed by atoms with van der Waals surface area (Å²) in [6.45, 7) is 10.7. The number of benzene rings is 1. The van der Waals surface area contributed by atoms with E-state index in [1.54, 1.807) is 0 Å². The fraction of sp³-hybridized carbons (Fsp3) is 0.438. The van der Waals surface area contributed by atoms with Gasteiger partial charge in [0.15, 0.2) is 0 Å². The molecule has 3 nitrogen and oxygen atoms in total. The summed E-state index contributed by atoms with van der Waals surface area (Å²) in [6.07, 6.45) is 0. The van der Waals surface area contributed by atoms with Crippen molar-refractivity contribution in [1.29, 1.82) is 0 Å². The summed E-state index contributed by atoms with van der Waals surface area (Å²) in [4.78, 5) is 0. The van der Waals surface area contributed by atoms with Gasteiger partial charge in [-0.25, -0.2) is 0 Å². The molecule has 1 atom stereocenters. The molecule has 0 spiro atoms. The minimum Gasteiger partial charge on any atom is -0.376 e. The number of aryl methyl sites for hydroxylation is 1. The number of rotatable bonds is 4. The Balaban J connectivity index is 2.24. The highest BCUT2D eigenvalue weighted by Crippen LogP contribution is 2.26. The van der Waals surface area contributed by atoms with Crippen LogP contribution in [-0.2, 0) is 0 Å². The Kier molecular flexibility index (Phi) is 3.93. The lowest BCUT2D eigenvalue weighted by Gasteiger charge is -2.16. The number of hydrogen-bond acceptors (Lipinski definition) is 2. The van der Waals surface area contributed by atoms with Gasteiger partial charge >= 0.3 is 0 Å².